The number of nitrogens with zero attached hydrogens (tertiary/aromatic N) is 2. The average molecular weight is 772 g/mol. The SMILES string of the molecule is CC1(C)c2c([c-]cc3ccccc23)-c2nccc3cc([Si](C)(C)C)nc1c23.CCC(CC)C(=O)/C=C(\O)C(CC)CC.[Ir]. The molecule has 0 spiro atoms. The Morgan fingerprint density at radius 2 is 1.60 bits per heavy atom. The Labute approximate surface area is 272 Å². The molecule has 2 heterocycles. The predicted octanol–water partition coefficient (Wildman–Crippen LogP) is 9.30. The minimum absolute atomic E-state index is 0. The van der Waals surface area contributed by atoms with E-state index in [1.165, 1.54) is 38.5 Å². The third-order valence-electron chi connectivity index (χ3n) is 8.90. The molecule has 4 nitrogen and oxygen atoms in total. The molecule has 1 N–H and O–H groups in total. The topological polar surface area (TPSA) is 63.1 Å². The van der Waals surface area contributed by atoms with E-state index in [-0.39, 0.29) is 48.9 Å². The van der Waals surface area contributed by atoms with Crippen LogP contribution in [-0.2, 0) is 30.3 Å². The van der Waals surface area contributed by atoms with Gasteiger partial charge in [-0.15, -0.1) is 23.3 Å². The first-order chi connectivity index (χ1) is 19.9. The second-order valence-corrected chi connectivity index (χ2v) is 18.1. The van der Waals surface area contributed by atoms with Gasteiger partial charge < -0.3 is 10.1 Å². The van der Waals surface area contributed by atoms with Gasteiger partial charge in [-0.1, -0.05) is 96.2 Å². The molecular formula is C37H47IrN2O2Si-. The molecule has 2 aromatic heterocycles. The van der Waals surface area contributed by atoms with Crippen LogP contribution >= 0.6 is 0 Å². The van der Waals surface area contributed by atoms with Crippen molar-refractivity contribution in [2.45, 2.75) is 92.3 Å². The third kappa shape index (κ3) is 6.87. The van der Waals surface area contributed by atoms with Crippen LogP contribution in [-0.4, -0.2) is 28.9 Å². The molecule has 6 heteroatoms. The van der Waals surface area contributed by atoms with Gasteiger partial charge in [-0.3, -0.25) is 9.78 Å². The summed E-state index contributed by atoms with van der Waals surface area (Å²) < 4.78 is 0. The Kier molecular flexibility index (Phi) is 11.3. The van der Waals surface area contributed by atoms with E-state index in [4.69, 9.17) is 9.97 Å². The van der Waals surface area contributed by atoms with Crippen molar-refractivity contribution in [2.24, 2.45) is 11.8 Å². The molecule has 0 saturated carbocycles. The van der Waals surface area contributed by atoms with Crippen LogP contribution in [0, 0.1) is 17.9 Å². The van der Waals surface area contributed by atoms with Crippen LogP contribution in [0.1, 0.15) is 78.5 Å². The van der Waals surface area contributed by atoms with Crippen molar-refractivity contribution in [2.75, 3.05) is 0 Å². The van der Waals surface area contributed by atoms with Gasteiger partial charge in [0.2, 0.25) is 0 Å². The molecule has 1 aliphatic rings. The van der Waals surface area contributed by atoms with Gasteiger partial charge in [-0.05, 0) is 59.7 Å². The van der Waals surface area contributed by atoms with E-state index >= 15 is 0 Å². The Hall–Kier alpha value is -2.66. The van der Waals surface area contributed by atoms with Gasteiger partial charge in [0.15, 0.2) is 5.78 Å². The maximum absolute atomic E-state index is 11.7. The molecule has 4 aromatic rings. The molecule has 5 rings (SSSR count). The van der Waals surface area contributed by atoms with Crippen molar-refractivity contribution in [1.82, 2.24) is 9.97 Å². The fourth-order valence-corrected chi connectivity index (χ4v) is 7.20. The fourth-order valence-electron chi connectivity index (χ4n) is 6.17. The number of aliphatic hydroxyl groups excluding tert-OH is 1. The summed E-state index contributed by atoms with van der Waals surface area (Å²) in [6, 6.07) is 18.7. The van der Waals surface area contributed by atoms with Crippen molar-refractivity contribution >= 4 is 40.7 Å². The van der Waals surface area contributed by atoms with E-state index in [9.17, 15) is 9.90 Å². The van der Waals surface area contributed by atoms with E-state index in [1.807, 2.05) is 33.9 Å². The number of carbonyl (C=O) groups is 1. The maximum Gasteiger partial charge on any atom is 0.162 e. The molecule has 43 heavy (non-hydrogen) atoms. The summed E-state index contributed by atoms with van der Waals surface area (Å²) in [5.41, 5.74) is 4.42. The Morgan fingerprint density at radius 3 is 2.21 bits per heavy atom. The number of rotatable bonds is 8. The average Bonchev–Trinajstić information content (AvgIpc) is 2.96. The van der Waals surface area contributed by atoms with Crippen LogP contribution < -0.4 is 5.32 Å². The van der Waals surface area contributed by atoms with Gasteiger partial charge >= 0.3 is 0 Å². The van der Waals surface area contributed by atoms with E-state index < -0.39 is 8.07 Å². The molecule has 0 atom stereocenters. The number of benzene rings is 2. The first kappa shape index (κ1) is 34.8. The van der Waals surface area contributed by atoms with Gasteiger partial charge in [0.25, 0.3) is 0 Å². The van der Waals surface area contributed by atoms with Crippen LogP contribution in [0.5, 0.6) is 0 Å². The van der Waals surface area contributed by atoms with E-state index in [0.29, 0.717) is 0 Å². The minimum atomic E-state index is -1.54. The smallest absolute Gasteiger partial charge is 0.162 e. The Balaban J connectivity index is 0.000000274. The molecule has 0 amide bonds. The summed E-state index contributed by atoms with van der Waals surface area (Å²) in [6.07, 6.45) is 6.84. The van der Waals surface area contributed by atoms with Gasteiger partial charge in [0.05, 0.1) is 5.76 Å². The summed E-state index contributed by atoms with van der Waals surface area (Å²) in [6.45, 7) is 19.8. The van der Waals surface area contributed by atoms with E-state index in [0.717, 1.165) is 42.6 Å². The molecule has 0 saturated heterocycles. The normalized spacial score (nSPS) is 13.9. The van der Waals surface area contributed by atoms with Crippen molar-refractivity contribution in [3.63, 3.8) is 0 Å². The third-order valence-corrected chi connectivity index (χ3v) is 10.7. The van der Waals surface area contributed by atoms with Gasteiger partial charge in [-0.2, -0.15) is 0 Å². The number of allylic oxidation sites excluding steroid dienone is 2. The molecule has 231 valence electrons. The van der Waals surface area contributed by atoms with Crippen LogP contribution in [0.4, 0.5) is 0 Å². The Morgan fingerprint density at radius 1 is 0.977 bits per heavy atom. The second-order valence-electron chi connectivity index (χ2n) is 13.1. The number of hydrogen-bond acceptors (Lipinski definition) is 4. The first-order valence-electron chi connectivity index (χ1n) is 15.6. The standard InChI is InChI=1S/C24H23N2Si.C13H24O2.Ir/c1-24(2)21-17-9-7-6-8-15(17)10-11-18(21)22-20-16(12-13-25-22)14-19(26-23(20)24)27(3,4)5;1-5-10(6-2)12(14)9-13(15)11(7-3)8-4;/h6-10,12-14H,1-5H3;9-11,14H,5-8H2,1-4H3;/q-1;;/b;12-9-;. The fraction of sp³-hybridized carbons (Fsp3) is 0.432. The number of aliphatic hydroxyl groups is 1. The summed E-state index contributed by atoms with van der Waals surface area (Å²) in [4.78, 5) is 21.8. The number of ketones is 1. The maximum atomic E-state index is 11.7. The largest absolute Gasteiger partial charge is 0.512 e. The zero-order valence-electron chi connectivity index (χ0n) is 27.3. The van der Waals surface area contributed by atoms with Crippen LogP contribution in [0.2, 0.25) is 19.6 Å². The monoisotopic (exact) mass is 772 g/mol. The summed E-state index contributed by atoms with van der Waals surface area (Å²) in [7, 11) is -1.54. The van der Waals surface area contributed by atoms with Crippen molar-refractivity contribution in [3.8, 4) is 11.3 Å². The predicted molar refractivity (Wildman–Crippen MR) is 180 cm³/mol. The molecule has 0 bridgehead atoms. The van der Waals surface area contributed by atoms with Crippen LogP contribution in [0.15, 0.2) is 60.5 Å². The molecule has 2 aromatic carbocycles. The first-order valence-corrected chi connectivity index (χ1v) is 19.1. The van der Waals surface area contributed by atoms with E-state index in [2.05, 4.69) is 82.0 Å². The van der Waals surface area contributed by atoms with Crippen LogP contribution in [0.3, 0.4) is 0 Å². The number of fused-ring (bicyclic) bond motifs is 4. The second kappa shape index (κ2) is 14.0. The molecule has 1 radical (unpaired) electrons. The van der Waals surface area contributed by atoms with Gasteiger partial charge in [-0.25, -0.2) is 0 Å². The van der Waals surface area contributed by atoms with Crippen molar-refractivity contribution < 1.29 is 30.0 Å². The molecule has 0 unspecified atom stereocenters. The van der Waals surface area contributed by atoms with Crippen LogP contribution in [0.25, 0.3) is 32.8 Å². The molecule has 0 aliphatic heterocycles. The zero-order valence-corrected chi connectivity index (χ0v) is 30.7. The summed E-state index contributed by atoms with van der Waals surface area (Å²) in [5.74, 6) is 0.547. The quantitative estimate of drug-likeness (QED) is 0.0840. The summed E-state index contributed by atoms with van der Waals surface area (Å²) in [5, 5.41) is 16.0. The number of hydrogen-bond donors (Lipinski definition) is 1. The minimum Gasteiger partial charge on any atom is -0.512 e. The van der Waals surface area contributed by atoms with Gasteiger partial charge in [0, 0.05) is 55.2 Å². The number of aromatic nitrogens is 2. The van der Waals surface area contributed by atoms with Gasteiger partial charge in [0.1, 0.15) is 8.07 Å². The zero-order chi connectivity index (χ0) is 30.8. The summed E-state index contributed by atoms with van der Waals surface area (Å²) >= 11 is 0. The Bertz CT molecular complexity index is 1630. The van der Waals surface area contributed by atoms with Crippen molar-refractivity contribution in [1.29, 1.82) is 0 Å². The number of carbonyl (C=O) groups excluding carboxylic acids is 1. The van der Waals surface area contributed by atoms with Crippen molar-refractivity contribution in [3.05, 3.63) is 77.8 Å². The molecular weight excluding hydrogens is 725 g/mol. The molecule has 0 fully saturated rings. The number of pyridine rings is 2. The molecule has 1 aliphatic carbocycles. The van der Waals surface area contributed by atoms with E-state index in [1.54, 1.807) is 0 Å².